The summed E-state index contributed by atoms with van der Waals surface area (Å²) in [5, 5.41) is 11.1. The average molecular weight is 306 g/mol. The van der Waals surface area contributed by atoms with Crippen molar-refractivity contribution in [2.45, 2.75) is 104 Å². The van der Waals surface area contributed by atoms with Crippen LogP contribution in [0, 0.1) is 5.92 Å². The van der Waals surface area contributed by atoms with Gasteiger partial charge >= 0.3 is 29.6 Å². The number of carboxylic acid groups (broad SMARTS) is 1. The van der Waals surface area contributed by atoms with Crippen LogP contribution in [0.2, 0.25) is 0 Å². The van der Waals surface area contributed by atoms with Crippen molar-refractivity contribution < 1.29 is 39.5 Å². The summed E-state index contributed by atoms with van der Waals surface area (Å²) in [5.74, 6) is -1.03. The Morgan fingerprint density at radius 2 is 1.05 bits per heavy atom. The number of aliphatic carboxylic acids is 1. The van der Waals surface area contributed by atoms with Gasteiger partial charge in [0.2, 0.25) is 0 Å². The Labute approximate surface area is 154 Å². The maximum Gasteiger partial charge on any atom is 1.00 e. The number of hydrogen-bond donors (Lipinski definition) is 0. The van der Waals surface area contributed by atoms with Gasteiger partial charge in [0.15, 0.2) is 0 Å². The van der Waals surface area contributed by atoms with Crippen LogP contribution in [0.15, 0.2) is 0 Å². The molecule has 0 aromatic carbocycles. The first kappa shape index (κ1) is 23.7. The predicted molar refractivity (Wildman–Crippen MR) is 84.5 cm³/mol. The molecule has 0 bridgehead atoms. The van der Waals surface area contributed by atoms with Crippen molar-refractivity contribution in [3.05, 3.63) is 0 Å². The predicted octanol–water partition coefficient (Wildman–Crippen LogP) is 1.86. The molecule has 120 valence electrons. The van der Waals surface area contributed by atoms with E-state index in [2.05, 4.69) is 13.8 Å². The van der Waals surface area contributed by atoms with Gasteiger partial charge in [-0.25, -0.2) is 0 Å². The van der Waals surface area contributed by atoms with Crippen LogP contribution in [-0.2, 0) is 4.79 Å². The average Bonchev–Trinajstić information content (AvgIpc) is 2.43. The van der Waals surface area contributed by atoms with Crippen LogP contribution >= 0.6 is 0 Å². The maximum absolute atomic E-state index is 11.1. The van der Waals surface area contributed by atoms with Gasteiger partial charge in [-0.3, -0.25) is 0 Å². The van der Waals surface area contributed by atoms with Crippen molar-refractivity contribution in [3.63, 3.8) is 0 Å². The summed E-state index contributed by atoms with van der Waals surface area (Å²) in [6.07, 6.45) is 16.4. The number of hydrogen-bond acceptors (Lipinski definition) is 2. The second kappa shape index (κ2) is 18.5. The molecule has 0 rings (SSSR count). The Morgan fingerprint density at radius 3 is 1.38 bits per heavy atom. The molecule has 0 amide bonds. The topological polar surface area (TPSA) is 40.1 Å². The monoisotopic (exact) mass is 306 g/mol. The van der Waals surface area contributed by atoms with Gasteiger partial charge in [0.1, 0.15) is 0 Å². The molecule has 21 heavy (non-hydrogen) atoms. The van der Waals surface area contributed by atoms with Crippen molar-refractivity contribution in [2.75, 3.05) is 0 Å². The van der Waals surface area contributed by atoms with Crippen molar-refractivity contribution >= 4 is 5.97 Å². The van der Waals surface area contributed by atoms with Gasteiger partial charge in [-0.2, -0.15) is 0 Å². The van der Waals surface area contributed by atoms with Crippen molar-refractivity contribution in [1.82, 2.24) is 0 Å². The number of carboxylic acids is 1. The zero-order valence-electron chi connectivity index (χ0n) is 14.8. The van der Waals surface area contributed by atoms with Gasteiger partial charge in [0, 0.05) is 5.97 Å². The molecule has 0 fully saturated rings. The molecule has 0 heterocycles. The first-order valence-corrected chi connectivity index (χ1v) is 8.93. The van der Waals surface area contributed by atoms with E-state index >= 15 is 0 Å². The van der Waals surface area contributed by atoms with E-state index in [4.69, 9.17) is 0 Å². The van der Waals surface area contributed by atoms with Crippen molar-refractivity contribution in [1.29, 1.82) is 0 Å². The Bertz CT molecular complexity index is 219. The van der Waals surface area contributed by atoms with Gasteiger partial charge in [-0.05, 0) is 18.8 Å². The maximum atomic E-state index is 11.1. The molecule has 2 nitrogen and oxygen atoms in total. The van der Waals surface area contributed by atoms with E-state index in [9.17, 15) is 9.90 Å². The van der Waals surface area contributed by atoms with Crippen LogP contribution in [-0.4, -0.2) is 5.97 Å². The zero-order valence-corrected chi connectivity index (χ0v) is 16.8. The molecule has 0 aliphatic carbocycles. The van der Waals surface area contributed by atoms with E-state index < -0.39 is 5.97 Å². The molecule has 0 aliphatic rings. The zero-order chi connectivity index (χ0) is 15.1. The molecule has 0 saturated heterocycles. The van der Waals surface area contributed by atoms with Crippen molar-refractivity contribution in [2.24, 2.45) is 5.92 Å². The molecule has 0 N–H and O–H groups in total. The van der Waals surface area contributed by atoms with Gasteiger partial charge in [0.25, 0.3) is 0 Å². The molecular formula is C18H35NaO2. The SMILES string of the molecule is CCCCCCCCCC(CCCCCCC)C(=O)[O-].[Na+]. The number of carbonyl (C=O) groups is 1. The van der Waals surface area contributed by atoms with Crippen LogP contribution in [0.1, 0.15) is 104 Å². The largest absolute Gasteiger partial charge is 1.00 e. The first-order valence-electron chi connectivity index (χ1n) is 8.93. The summed E-state index contributed by atoms with van der Waals surface area (Å²) in [6, 6.07) is 0. The summed E-state index contributed by atoms with van der Waals surface area (Å²) in [5.41, 5.74) is 0. The second-order valence-electron chi connectivity index (χ2n) is 6.13. The minimum atomic E-state index is -0.827. The Balaban J connectivity index is 0. The smallest absolute Gasteiger partial charge is 0.550 e. The first-order chi connectivity index (χ1) is 9.72. The molecule has 1 atom stereocenters. The van der Waals surface area contributed by atoms with Crippen LogP contribution < -0.4 is 34.7 Å². The molecule has 1 unspecified atom stereocenters. The molecule has 0 spiro atoms. The van der Waals surface area contributed by atoms with E-state index in [1.807, 2.05) is 0 Å². The van der Waals surface area contributed by atoms with Crippen molar-refractivity contribution in [3.8, 4) is 0 Å². The normalized spacial score (nSPS) is 11.9. The molecule has 3 heteroatoms. The fraction of sp³-hybridized carbons (Fsp3) is 0.944. The van der Waals surface area contributed by atoms with Crippen LogP contribution in [0.5, 0.6) is 0 Å². The van der Waals surface area contributed by atoms with Gasteiger partial charge in [-0.15, -0.1) is 0 Å². The second-order valence-corrected chi connectivity index (χ2v) is 6.13. The van der Waals surface area contributed by atoms with Gasteiger partial charge in [-0.1, -0.05) is 90.9 Å². The van der Waals surface area contributed by atoms with E-state index in [0.717, 1.165) is 25.7 Å². The Morgan fingerprint density at radius 1 is 0.714 bits per heavy atom. The van der Waals surface area contributed by atoms with Gasteiger partial charge < -0.3 is 9.90 Å². The minimum Gasteiger partial charge on any atom is -0.550 e. The third kappa shape index (κ3) is 16.7. The summed E-state index contributed by atoms with van der Waals surface area (Å²) in [7, 11) is 0. The molecule has 0 radical (unpaired) electrons. The van der Waals surface area contributed by atoms with E-state index in [0.29, 0.717) is 0 Å². The Hall–Kier alpha value is 0.470. The van der Waals surface area contributed by atoms with E-state index in [-0.39, 0.29) is 35.5 Å². The third-order valence-electron chi connectivity index (χ3n) is 4.15. The summed E-state index contributed by atoms with van der Waals surface area (Å²) >= 11 is 0. The van der Waals surface area contributed by atoms with Crippen LogP contribution in [0.4, 0.5) is 0 Å². The van der Waals surface area contributed by atoms with Crippen LogP contribution in [0.25, 0.3) is 0 Å². The fourth-order valence-corrected chi connectivity index (χ4v) is 2.72. The molecule has 0 saturated carbocycles. The van der Waals surface area contributed by atoms with Gasteiger partial charge in [0.05, 0.1) is 0 Å². The number of unbranched alkanes of at least 4 members (excludes halogenated alkanes) is 10. The number of carbonyl (C=O) groups excluding carboxylic acids is 1. The fourth-order valence-electron chi connectivity index (χ4n) is 2.72. The molecule has 0 aliphatic heterocycles. The molecule has 0 aromatic rings. The Kier molecular flexibility index (Phi) is 20.9. The summed E-state index contributed by atoms with van der Waals surface area (Å²) < 4.78 is 0. The minimum absolute atomic E-state index is 0. The number of rotatable bonds is 15. The quantitative estimate of drug-likeness (QED) is 0.342. The standard InChI is InChI=1S/C18H36O2.Na/c1-3-5-7-9-10-12-14-16-17(18(19)20)15-13-11-8-6-4-2;/h17H,3-16H2,1-2H3,(H,19,20);/q;+1/p-1. The summed E-state index contributed by atoms with van der Waals surface area (Å²) in [4.78, 5) is 11.1. The van der Waals surface area contributed by atoms with E-state index in [1.165, 1.54) is 64.2 Å². The molecular weight excluding hydrogens is 271 g/mol. The summed E-state index contributed by atoms with van der Waals surface area (Å²) in [6.45, 7) is 4.43. The van der Waals surface area contributed by atoms with Crippen LogP contribution in [0.3, 0.4) is 0 Å². The third-order valence-corrected chi connectivity index (χ3v) is 4.15. The van der Waals surface area contributed by atoms with E-state index in [1.54, 1.807) is 0 Å². The molecule has 0 aromatic heterocycles.